The molecule has 0 aliphatic rings. The fraction of sp³-hybridized carbons (Fsp3) is 0.250. The summed E-state index contributed by atoms with van der Waals surface area (Å²) in [7, 11) is 0. The van der Waals surface area contributed by atoms with Crippen LogP contribution in [0.15, 0.2) is 33.5 Å². The van der Waals surface area contributed by atoms with Gasteiger partial charge >= 0.3 is 5.97 Å². The van der Waals surface area contributed by atoms with Crippen LogP contribution in [0.2, 0.25) is 0 Å². The van der Waals surface area contributed by atoms with Gasteiger partial charge in [-0.3, -0.25) is 4.79 Å². The smallest absolute Gasteiger partial charge is 0.315 e. The monoisotopic (exact) mass is 310 g/mol. The van der Waals surface area contributed by atoms with Gasteiger partial charge in [0.05, 0.1) is 0 Å². The van der Waals surface area contributed by atoms with Crippen molar-refractivity contribution in [3.8, 4) is 0 Å². The Morgan fingerprint density at radius 3 is 3.00 bits per heavy atom. The van der Waals surface area contributed by atoms with Crippen molar-refractivity contribution in [3.05, 3.63) is 46.1 Å². The highest BCUT2D eigenvalue weighted by Gasteiger charge is 2.10. The zero-order chi connectivity index (χ0) is 13.0. The lowest BCUT2D eigenvalue weighted by atomic mass is 10.2. The molecular formula is C12H11BrN2O3. The number of halogens is 1. The fourth-order valence-corrected chi connectivity index (χ4v) is 1.98. The van der Waals surface area contributed by atoms with E-state index in [2.05, 4.69) is 26.1 Å². The van der Waals surface area contributed by atoms with E-state index in [1.54, 1.807) is 0 Å². The minimum absolute atomic E-state index is 0.0104. The molecule has 0 spiro atoms. The van der Waals surface area contributed by atoms with Crippen LogP contribution in [0.3, 0.4) is 0 Å². The average molecular weight is 311 g/mol. The predicted octanol–water partition coefficient (Wildman–Crippen LogP) is 2.43. The van der Waals surface area contributed by atoms with Crippen molar-refractivity contribution in [1.82, 2.24) is 10.2 Å². The van der Waals surface area contributed by atoms with E-state index in [0.29, 0.717) is 0 Å². The normalized spacial score (nSPS) is 10.3. The van der Waals surface area contributed by atoms with Crippen LogP contribution in [0, 0.1) is 6.92 Å². The summed E-state index contributed by atoms with van der Waals surface area (Å²) >= 11 is 3.43. The summed E-state index contributed by atoms with van der Waals surface area (Å²) in [5.74, 6) is -0.144. The van der Waals surface area contributed by atoms with Crippen LogP contribution < -0.4 is 0 Å². The molecule has 0 aliphatic heterocycles. The van der Waals surface area contributed by atoms with Gasteiger partial charge in [0.2, 0.25) is 12.3 Å². The molecular weight excluding hydrogens is 300 g/mol. The van der Waals surface area contributed by atoms with Crippen molar-refractivity contribution in [2.24, 2.45) is 0 Å². The lowest BCUT2D eigenvalue weighted by Gasteiger charge is -2.06. The van der Waals surface area contributed by atoms with E-state index in [-0.39, 0.29) is 18.9 Å². The third-order valence-corrected chi connectivity index (χ3v) is 3.04. The molecule has 18 heavy (non-hydrogen) atoms. The maximum atomic E-state index is 11.5. The predicted molar refractivity (Wildman–Crippen MR) is 66.7 cm³/mol. The number of aromatic nitrogens is 2. The number of carbonyl (C=O) groups excluding carboxylic acids is 1. The molecule has 94 valence electrons. The molecule has 1 aromatic heterocycles. The van der Waals surface area contributed by atoms with E-state index in [4.69, 9.17) is 9.15 Å². The van der Waals surface area contributed by atoms with Crippen LogP contribution in [0.4, 0.5) is 0 Å². The Hall–Kier alpha value is -1.69. The van der Waals surface area contributed by atoms with E-state index in [9.17, 15) is 4.79 Å². The van der Waals surface area contributed by atoms with Crippen LogP contribution in [0.1, 0.15) is 17.0 Å². The summed E-state index contributed by atoms with van der Waals surface area (Å²) in [5.41, 5.74) is 2.06. The Morgan fingerprint density at radius 2 is 2.33 bits per heavy atom. The Balaban J connectivity index is 1.89. The molecule has 0 aliphatic carbocycles. The van der Waals surface area contributed by atoms with Gasteiger partial charge < -0.3 is 9.15 Å². The quantitative estimate of drug-likeness (QED) is 0.811. The van der Waals surface area contributed by atoms with Gasteiger partial charge in [-0.2, -0.15) is 0 Å². The minimum atomic E-state index is -0.397. The Kier molecular flexibility index (Phi) is 4.09. The molecule has 2 aromatic rings. The second-order valence-electron chi connectivity index (χ2n) is 3.76. The molecule has 0 fully saturated rings. The van der Waals surface area contributed by atoms with Gasteiger partial charge in [0.1, 0.15) is 13.0 Å². The number of aryl methyl sites for hydroxylation is 1. The van der Waals surface area contributed by atoms with Crippen molar-refractivity contribution >= 4 is 21.9 Å². The molecule has 0 saturated heterocycles. The van der Waals surface area contributed by atoms with Gasteiger partial charge in [0.25, 0.3) is 0 Å². The van der Waals surface area contributed by atoms with Gasteiger partial charge in [0.15, 0.2) is 0 Å². The van der Waals surface area contributed by atoms with Crippen LogP contribution >= 0.6 is 15.9 Å². The van der Waals surface area contributed by atoms with Gasteiger partial charge in [-0.25, -0.2) is 0 Å². The number of ether oxygens (including phenoxy) is 1. The fourth-order valence-electron chi connectivity index (χ4n) is 1.38. The van der Waals surface area contributed by atoms with Crippen molar-refractivity contribution < 1.29 is 13.9 Å². The lowest BCUT2D eigenvalue weighted by Crippen LogP contribution is -2.08. The summed E-state index contributed by atoms with van der Waals surface area (Å²) in [6, 6.07) is 5.85. The van der Waals surface area contributed by atoms with E-state index in [1.165, 1.54) is 6.39 Å². The van der Waals surface area contributed by atoms with Crippen LogP contribution in [0.5, 0.6) is 0 Å². The van der Waals surface area contributed by atoms with Crippen molar-refractivity contribution in [2.45, 2.75) is 20.0 Å². The second-order valence-corrected chi connectivity index (χ2v) is 4.62. The van der Waals surface area contributed by atoms with Crippen LogP contribution in [0.25, 0.3) is 0 Å². The molecule has 1 aromatic carbocycles. The number of benzene rings is 1. The summed E-state index contributed by atoms with van der Waals surface area (Å²) in [4.78, 5) is 11.5. The Morgan fingerprint density at radius 1 is 1.50 bits per heavy atom. The molecule has 0 saturated carbocycles. The van der Waals surface area contributed by atoms with E-state index < -0.39 is 5.97 Å². The molecule has 1 heterocycles. The summed E-state index contributed by atoms with van der Waals surface area (Å²) in [6.07, 6.45) is 1.17. The molecule has 2 rings (SSSR count). The lowest BCUT2D eigenvalue weighted by molar-refractivity contribution is -0.144. The highest BCUT2D eigenvalue weighted by atomic mass is 79.9. The number of hydrogen-bond acceptors (Lipinski definition) is 5. The third kappa shape index (κ3) is 3.40. The number of nitrogens with zero attached hydrogens (tertiary/aromatic N) is 2. The van der Waals surface area contributed by atoms with Gasteiger partial charge in [0, 0.05) is 10.0 Å². The highest BCUT2D eigenvalue weighted by Crippen LogP contribution is 2.19. The zero-order valence-electron chi connectivity index (χ0n) is 9.72. The second kappa shape index (κ2) is 5.77. The molecule has 0 radical (unpaired) electrons. The van der Waals surface area contributed by atoms with Crippen molar-refractivity contribution in [1.29, 1.82) is 0 Å². The number of esters is 1. The van der Waals surface area contributed by atoms with E-state index in [1.807, 2.05) is 25.1 Å². The van der Waals surface area contributed by atoms with Gasteiger partial charge in [-0.15, -0.1) is 10.2 Å². The average Bonchev–Trinajstić information content (AvgIpc) is 2.80. The molecule has 6 heteroatoms. The van der Waals surface area contributed by atoms with Crippen LogP contribution in [-0.2, 0) is 22.6 Å². The molecule has 0 unspecified atom stereocenters. The molecule has 5 nitrogen and oxygen atoms in total. The van der Waals surface area contributed by atoms with Crippen LogP contribution in [-0.4, -0.2) is 16.2 Å². The molecule has 0 atom stereocenters. The summed E-state index contributed by atoms with van der Waals surface area (Å²) in [5, 5.41) is 7.10. The first kappa shape index (κ1) is 12.8. The highest BCUT2D eigenvalue weighted by molar-refractivity contribution is 9.10. The van der Waals surface area contributed by atoms with E-state index >= 15 is 0 Å². The van der Waals surface area contributed by atoms with Crippen molar-refractivity contribution in [3.63, 3.8) is 0 Å². The largest absolute Gasteiger partial charge is 0.460 e. The first-order chi connectivity index (χ1) is 8.65. The first-order valence-electron chi connectivity index (χ1n) is 5.31. The minimum Gasteiger partial charge on any atom is -0.460 e. The SMILES string of the molecule is Cc1ccc(COC(=O)Cc2nnco2)c(Br)c1. The topological polar surface area (TPSA) is 65.2 Å². The summed E-state index contributed by atoms with van der Waals surface area (Å²) < 4.78 is 10.9. The summed E-state index contributed by atoms with van der Waals surface area (Å²) in [6.45, 7) is 2.21. The molecule has 0 N–H and O–H groups in total. The zero-order valence-corrected chi connectivity index (χ0v) is 11.3. The van der Waals surface area contributed by atoms with Gasteiger partial charge in [-0.1, -0.05) is 28.1 Å². The first-order valence-corrected chi connectivity index (χ1v) is 6.10. The maximum Gasteiger partial charge on any atom is 0.315 e. The number of hydrogen-bond donors (Lipinski definition) is 0. The van der Waals surface area contributed by atoms with Gasteiger partial charge in [-0.05, 0) is 18.6 Å². The standard InChI is InChI=1S/C12H11BrN2O3/c1-8-2-3-9(10(13)4-8)6-17-12(16)5-11-15-14-7-18-11/h2-4,7H,5-6H2,1H3. The Labute approximate surface area is 112 Å². The molecule has 0 amide bonds. The third-order valence-electron chi connectivity index (χ3n) is 2.30. The van der Waals surface area contributed by atoms with E-state index in [0.717, 1.165) is 15.6 Å². The molecule has 0 bridgehead atoms. The maximum absolute atomic E-state index is 11.5. The number of carbonyl (C=O) groups is 1. The Bertz CT molecular complexity index is 540. The number of rotatable bonds is 4. The van der Waals surface area contributed by atoms with Crippen molar-refractivity contribution in [2.75, 3.05) is 0 Å².